The van der Waals surface area contributed by atoms with Gasteiger partial charge in [-0.05, 0) is 54.1 Å². The molecule has 0 unspecified atom stereocenters. The summed E-state index contributed by atoms with van der Waals surface area (Å²) >= 11 is 0. The number of nitriles is 1. The predicted octanol–water partition coefficient (Wildman–Crippen LogP) is 4.49. The Morgan fingerprint density at radius 1 is 0.778 bits per heavy atom. The van der Waals surface area contributed by atoms with Crippen LogP contribution in [0.2, 0.25) is 0 Å². The Bertz CT molecular complexity index is 1340. The second-order valence-electron chi connectivity index (χ2n) is 7.19. The number of amides is 1. The van der Waals surface area contributed by atoms with Gasteiger partial charge in [-0.25, -0.2) is 4.79 Å². The number of anilines is 1. The smallest absolute Gasteiger partial charge is 0.343 e. The molecule has 0 radical (unpaired) electrons. The number of para-hydroxylation sites is 2. The number of esters is 1. The first kappa shape index (κ1) is 25.6. The molecule has 9 nitrogen and oxygen atoms in total. The van der Waals surface area contributed by atoms with Crippen LogP contribution in [0.3, 0.4) is 0 Å². The van der Waals surface area contributed by atoms with Crippen LogP contribution in [0.1, 0.15) is 15.9 Å². The van der Waals surface area contributed by atoms with Gasteiger partial charge in [0.05, 0.1) is 39.7 Å². The van der Waals surface area contributed by atoms with E-state index in [0.717, 1.165) is 0 Å². The summed E-state index contributed by atoms with van der Waals surface area (Å²) in [6, 6.07) is 18.0. The van der Waals surface area contributed by atoms with E-state index in [1.54, 1.807) is 48.5 Å². The van der Waals surface area contributed by atoms with Crippen LogP contribution in [-0.2, 0) is 4.79 Å². The number of methoxy groups -OCH3 is 4. The summed E-state index contributed by atoms with van der Waals surface area (Å²) < 4.78 is 26.5. The van der Waals surface area contributed by atoms with Gasteiger partial charge in [0, 0.05) is 0 Å². The highest BCUT2D eigenvalue weighted by atomic mass is 16.6. The Hall–Kier alpha value is -4.97. The van der Waals surface area contributed by atoms with Crippen molar-refractivity contribution in [1.29, 1.82) is 5.26 Å². The van der Waals surface area contributed by atoms with Gasteiger partial charge in [0.1, 0.15) is 17.4 Å². The summed E-state index contributed by atoms with van der Waals surface area (Å²) in [7, 11) is 5.86. The number of benzene rings is 3. The Balaban J connectivity index is 1.81. The molecule has 0 aliphatic rings. The monoisotopic (exact) mass is 488 g/mol. The lowest BCUT2D eigenvalue weighted by atomic mass is 10.1. The molecule has 3 aromatic carbocycles. The lowest BCUT2D eigenvalue weighted by Crippen LogP contribution is -2.14. The number of hydrogen-bond acceptors (Lipinski definition) is 8. The zero-order valence-corrected chi connectivity index (χ0v) is 20.2. The van der Waals surface area contributed by atoms with Gasteiger partial charge in [0.15, 0.2) is 23.0 Å². The minimum atomic E-state index is -0.633. The van der Waals surface area contributed by atoms with E-state index in [1.807, 2.05) is 6.07 Å². The molecule has 0 fully saturated rings. The first-order valence-electron chi connectivity index (χ1n) is 10.6. The van der Waals surface area contributed by atoms with E-state index in [9.17, 15) is 14.9 Å². The van der Waals surface area contributed by atoms with Crippen molar-refractivity contribution in [3.63, 3.8) is 0 Å². The molecule has 1 N–H and O–H groups in total. The quantitative estimate of drug-likeness (QED) is 0.203. The molecular weight excluding hydrogens is 464 g/mol. The lowest BCUT2D eigenvalue weighted by molar-refractivity contribution is -0.112. The van der Waals surface area contributed by atoms with Gasteiger partial charge in [0.2, 0.25) is 0 Å². The molecule has 184 valence electrons. The molecule has 0 atom stereocenters. The molecule has 9 heteroatoms. The predicted molar refractivity (Wildman–Crippen MR) is 133 cm³/mol. The molecule has 1 amide bonds. The first-order chi connectivity index (χ1) is 17.4. The molecule has 0 aliphatic carbocycles. The Morgan fingerprint density at radius 3 is 2.08 bits per heavy atom. The topological polar surface area (TPSA) is 116 Å². The first-order valence-corrected chi connectivity index (χ1v) is 10.6. The number of nitrogens with zero attached hydrogens (tertiary/aromatic N) is 1. The average Bonchev–Trinajstić information content (AvgIpc) is 2.91. The fourth-order valence-corrected chi connectivity index (χ4v) is 3.23. The zero-order chi connectivity index (χ0) is 26.1. The number of carbonyl (C=O) groups excluding carboxylic acids is 2. The number of ether oxygens (including phenoxy) is 5. The van der Waals surface area contributed by atoms with E-state index in [1.165, 1.54) is 46.6 Å². The summed E-state index contributed by atoms with van der Waals surface area (Å²) in [5.41, 5.74) is 1.03. The molecule has 3 aromatic rings. The molecule has 0 saturated heterocycles. The van der Waals surface area contributed by atoms with Crippen molar-refractivity contribution in [3.8, 4) is 34.8 Å². The highest BCUT2D eigenvalue weighted by Crippen LogP contribution is 2.32. The van der Waals surface area contributed by atoms with Crippen molar-refractivity contribution in [3.05, 3.63) is 77.4 Å². The molecule has 0 aromatic heterocycles. The lowest BCUT2D eigenvalue weighted by Gasteiger charge is -2.12. The summed E-state index contributed by atoms with van der Waals surface area (Å²) in [6.07, 6.45) is 1.40. The Morgan fingerprint density at radius 2 is 1.42 bits per heavy atom. The molecule has 0 heterocycles. The third-order valence-corrected chi connectivity index (χ3v) is 5.04. The van der Waals surface area contributed by atoms with Gasteiger partial charge in [-0.2, -0.15) is 5.26 Å². The highest BCUT2D eigenvalue weighted by Gasteiger charge is 2.17. The van der Waals surface area contributed by atoms with Gasteiger partial charge in [-0.1, -0.05) is 18.2 Å². The molecule has 0 bridgehead atoms. The third-order valence-electron chi connectivity index (χ3n) is 5.04. The number of nitrogens with one attached hydrogen (secondary N) is 1. The van der Waals surface area contributed by atoms with E-state index >= 15 is 0 Å². The molecule has 0 aliphatic heterocycles. The fourth-order valence-electron chi connectivity index (χ4n) is 3.23. The SMILES string of the molecule is COc1ccccc1NC(=O)/C(C#N)=C/c1ccc(OC(=O)c2ccc(OC)c(OC)c2)c(OC)c1. The van der Waals surface area contributed by atoms with Crippen LogP contribution in [0.5, 0.6) is 28.7 Å². The van der Waals surface area contributed by atoms with E-state index < -0.39 is 11.9 Å². The maximum atomic E-state index is 12.7. The fraction of sp³-hybridized carbons (Fsp3) is 0.148. The molecule has 36 heavy (non-hydrogen) atoms. The van der Waals surface area contributed by atoms with E-state index in [-0.39, 0.29) is 22.6 Å². The second-order valence-corrected chi connectivity index (χ2v) is 7.19. The summed E-state index contributed by atoms with van der Waals surface area (Å²) in [6.45, 7) is 0. The van der Waals surface area contributed by atoms with E-state index in [4.69, 9.17) is 23.7 Å². The minimum absolute atomic E-state index is 0.141. The Kier molecular flexibility index (Phi) is 8.51. The van der Waals surface area contributed by atoms with E-state index in [2.05, 4.69) is 5.32 Å². The van der Waals surface area contributed by atoms with Crippen molar-refractivity contribution < 1.29 is 33.3 Å². The van der Waals surface area contributed by atoms with Crippen molar-refractivity contribution in [2.75, 3.05) is 33.8 Å². The van der Waals surface area contributed by atoms with Crippen LogP contribution in [0.15, 0.2) is 66.2 Å². The van der Waals surface area contributed by atoms with Gasteiger partial charge >= 0.3 is 5.97 Å². The van der Waals surface area contributed by atoms with Gasteiger partial charge in [-0.3, -0.25) is 4.79 Å². The summed E-state index contributed by atoms with van der Waals surface area (Å²) in [5.74, 6) is 0.480. The van der Waals surface area contributed by atoms with Crippen LogP contribution in [0.25, 0.3) is 6.08 Å². The van der Waals surface area contributed by atoms with Crippen LogP contribution in [0.4, 0.5) is 5.69 Å². The van der Waals surface area contributed by atoms with Crippen molar-refractivity contribution in [1.82, 2.24) is 0 Å². The van der Waals surface area contributed by atoms with E-state index in [0.29, 0.717) is 28.5 Å². The van der Waals surface area contributed by atoms with Crippen molar-refractivity contribution in [2.24, 2.45) is 0 Å². The second kappa shape index (κ2) is 11.9. The third kappa shape index (κ3) is 5.93. The summed E-state index contributed by atoms with van der Waals surface area (Å²) in [4.78, 5) is 25.3. The largest absolute Gasteiger partial charge is 0.495 e. The maximum Gasteiger partial charge on any atom is 0.343 e. The van der Waals surface area contributed by atoms with Crippen molar-refractivity contribution >= 4 is 23.6 Å². The number of carbonyl (C=O) groups is 2. The van der Waals surface area contributed by atoms with Crippen molar-refractivity contribution in [2.45, 2.75) is 0 Å². The molecule has 0 spiro atoms. The number of hydrogen-bond donors (Lipinski definition) is 1. The summed E-state index contributed by atoms with van der Waals surface area (Å²) in [5, 5.41) is 12.2. The van der Waals surface area contributed by atoms with Crippen LogP contribution in [-0.4, -0.2) is 40.3 Å². The normalized spacial score (nSPS) is 10.6. The standard InChI is InChI=1S/C27H24N2O7/c1-32-21-8-6-5-7-20(21)29-26(30)19(16-28)13-17-9-11-23(24(14-17)34-3)36-27(31)18-10-12-22(33-2)25(15-18)35-4/h5-15H,1-4H3,(H,29,30)/b19-13+. The van der Waals surface area contributed by atoms with Gasteiger partial charge < -0.3 is 29.0 Å². The maximum absolute atomic E-state index is 12.7. The minimum Gasteiger partial charge on any atom is -0.495 e. The number of rotatable bonds is 9. The Labute approximate surface area is 208 Å². The molecular formula is C27H24N2O7. The van der Waals surface area contributed by atoms with Crippen LogP contribution < -0.4 is 29.0 Å². The van der Waals surface area contributed by atoms with Crippen LogP contribution >= 0.6 is 0 Å². The highest BCUT2D eigenvalue weighted by molar-refractivity contribution is 6.10. The van der Waals surface area contributed by atoms with Crippen LogP contribution in [0, 0.1) is 11.3 Å². The van der Waals surface area contributed by atoms with Gasteiger partial charge in [-0.15, -0.1) is 0 Å². The van der Waals surface area contributed by atoms with Gasteiger partial charge in [0.25, 0.3) is 5.91 Å². The molecule has 0 saturated carbocycles. The molecule has 3 rings (SSSR count). The average molecular weight is 488 g/mol. The zero-order valence-electron chi connectivity index (χ0n) is 20.2.